The number of benzene rings is 1. The Labute approximate surface area is 84.9 Å². The van der Waals surface area contributed by atoms with E-state index in [1.807, 2.05) is 6.07 Å². The van der Waals surface area contributed by atoms with Crippen LogP contribution in [0.5, 0.6) is 0 Å². The van der Waals surface area contributed by atoms with Crippen molar-refractivity contribution in [1.82, 2.24) is 0 Å². The van der Waals surface area contributed by atoms with E-state index in [1.54, 1.807) is 0 Å². The third-order valence-electron chi connectivity index (χ3n) is 2.49. The molecule has 4 heteroatoms. The van der Waals surface area contributed by atoms with Gasteiger partial charge in [0.05, 0.1) is 16.5 Å². The van der Waals surface area contributed by atoms with Crippen molar-refractivity contribution in [2.45, 2.75) is 18.3 Å². The highest BCUT2D eigenvalue weighted by atomic mass is 35.5. The first-order valence-electron chi connectivity index (χ1n) is 4.16. The predicted octanol–water partition coefficient (Wildman–Crippen LogP) is 3.17. The van der Waals surface area contributed by atoms with Gasteiger partial charge in [-0.2, -0.15) is 5.26 Å². The standard InChI is InChI=1S/C10H6ClF2N/c11-6-1-2-7(12)8(9(6)13)10(5-14)3-4-10/h1-2H,3-4H2. The normalized spacial score (nSPS) is 17.6. The van der Waals surface area contributed by atoms with Crippen molar-refractivity contribution in [3.63, 3.8) is 0 Å². The maximum Gasteiger partial charge on any atom is 0.149 e. The first kappa shape index (κ1) is 9.42. The first-order chi connectivity index (χ1) is 6.60. The Kier molecular flexibility index (Phi) is 1.97. The summed E-state index contributed by atoms with van der Waals surface area (Å²) in [5.74, 6) is -1.49. The van der Waals surface area contributed by atoms with E-state index in [-0.39, 0.29) is 10.6 Å². The van der Waals surface area contributed by atoms with Crippen LogP contribution in [0.25, 0.3) is 0 Å². The average Bonchev–Trinajstić information content (AvgIpc) is 2.93. The molecule has 2 rings (SSSR count). The number of hydrogen-bond donors (Lipinski definition) is 0. The summed E-state index contributed by atoms with van der Waals surface area (Å²) in [4.78, 5) is 0. The Balaban J connectivity index is 2.64. The van der Waals surface area contributed by atoms with E-state index in [1.165, 1.54) is 0 Å². The largest absolute Gasteiger partial charge is 0.207 e. The van der Waals surface area contributed by atoms with Crippen molar-refractivity contribution in [3.05, 3.63) is 34.4 Å². The smallest absolute Gasteiger partial charge is 0.149 e. The van der Waals surface area contributed by atoms with E-state index in [0.717, 1.165) is 12.1 Å². The molecular weight excluding hydrogens is 208 g/mol. The Hall–Kier alpha value is -1.14. The number of nitriles is 1. The highest BCUT2D eigenvalue weighted by Crippen LogP contribution is 2.50. The summed E-state index contributed by atoms with van der Waals surface area (Å²) < 4.78 is 26.8. The molecule has 0 radical (unpaired) electrons. The van der Waals surface area contributed by atoms with Crippen LogP contribution in [0.1, 0.15) is 18.4 Å². The second-order valence-corrected chi connectivity index (χ2v) is 3.82. The van der Waals surface area contributed by atoms with Crippen LogP contribution in [-0.2, 0) is 5.41 Å². The summed E-state index contributed by atoms with van der Waals surface area (Å²) in [5.41, 5.74) is -1.15. The lowest BCUT2D eigenvalue weighted by molar-refractivity contribution is 0.543. The van der Waals surface area contributed by atoms with Crippen molar-refractivity contribution >= 4 is 11.6 Å². The van der Waals surface area contributed by atoms with Crippen LogP contribution in [0.4, 0.5) is 8.78 Å². The van der Waals surface area contributed by atoms with E-state index < -0.39 is 17.0 Å². The quantitative estimate of drug-likeness (QED) is 0.658. The Bertz CT molecular complexity index is 432. The minimum absolute atomic E-state index is 0.136. The molecule has 0 N–H and O–H groups in total. The molecule has 0 aliphatic heterocycles. The van der Waals surface area contributed by atoms with Gasteiger partial charge >= 0.3 is 0 Å². The predicted molar refractivity (Wildman–Crippen MR) is 47.9 cm³/mol. The molecule has 1 aliphatic carbocycles. The molecule has 0 atom stereocenters. The third-order valence-corrected chi connectivity index (χ3v) is 2.78. The van der Waals surface area contributed by atoms with E-state index >= 15 is 0 Å². The molecule has 14 heavy (non-hydrogen) atoms. The molecule has 1 aromatic carbocycles. The summed E-state index contributed by atoms with van der Waals surface area (Å²) in [7, 11) is 0. The number of nitrogens with zero attached hydrogens (tertiary/aromatic N) is 1. The molecular formula is C10H6ClF2N. The highest BCUT2D eigenvalue weighted by Gasteiger charge is 2.49. The molecule has 1 aliphatic rings. The number of halogens is 3. The van der Waals surface area contributed by atoms with Gasteiger partial charge in [0.15, 0.2) is 0 Å². The SMILES string of the molecule is N#CC1(c2c(F)ccc(Cl)c2F)CC1. The van der Waals surface area contributed by atoms with Gasteiger partial charge in [-0.3, -0.25) is 0 Å². The minimum Gasteiger partial charge on any atom is -0.207 e. The third kappa shape index (κ3) is 1.18. The summed E-state index contributed by atoms with van der Waals surface area (Å²) in [5, 5.41) is 8.69. The maximum atomic E-state index is 13.5. The van der Waals surface area contributed by atoms with E-state index in [2.05, 4.69) is 0 Å². The highest BCUT2D eigenvalue weighted by molar-refractivity contribution is 6.30. The summed E-state index contributed by atoms with van der Waals surface area (Å²) in [6, 6.07) is 4.19. The summed E-state index contributed by atoms with van der Waals surface area (Å²) >= 11 is 5.53. The monoisotopic (exact) mass is 213 g/mol. The van der Waals surface area contributed by atoms with Gasteiger partial charge < -0.3 is 0 Å². The van der Waals surface area contributed by atoms with Gasteiger partial charge in [-0.1, -0.05) is 11.6 Å². The molecule has 0 unspecified atom stereocenters. The van der Waals surface area contributed by atoms with E-state index in [4.69, 9.17) is 16.9 Å². The van der Waals surface area contributed by atoms with Gasteiger partial charge in [0.1, 0.15) is 11.6 Å². The molecule has 0 spiro atoms. The molecule has 0 heterocycles. The molecule has 1 aromatic rings. The molecule has 0 amide bonds. The van der Waals surface area contributed by atoms with Crippen LogP contribution in [0.3, 0.4) is 0 Å². The fourth-order valence-corrected chi connectivity index (χ4v) is 1.67. The molecule has 1 saturated carbocycles. The molecule has 0 saturated heterocycles. The first-order valence-corrected chi connectivity index (χ1v) is 4.54. The zero-order valence-corrected chi connectivity index (χ0v) is 7.91. The second kappa shape index (κ2) is 2.93. The number of hydrogen-bond acceptors (Lipinski definition) is 1. The fourth-order valence-electron chi connectivity index (χ4n) is 1.51. The zero-order valence-electron chi connectivity index (χ0n) is 7.15. The van der Waals surface area contributed by atoms with Gasteiger partial charge in [0.2, 0.25) is 0 Å². The fraction of sp³-hybridized carbons (Fsp3) is 0.300. The van der Waals surface area contributed by atoms with Gasteiger partial charge in [0.25, 0.3) is 0 Å². The van der Waals surface area contributed by atoms with Crippen molar-refractivity contribution in [2.24, 2.45) is 0 Å². The van der Waals surface area contributed by atoms with Crippen molar-refractivity contribution in [3.8, 4) is 6.07 Å². The summed E-state index contributed by atoms with van der Waals surface area (Å²) in [6.45, 7) is 0. The van der Waals surface area contributed by atoms with E-state index in [0.29, 0.717) is 12.8 Å². The second-order valence-electron chi connectivity index (χ2n) is 3.41. The van der Waals surface area contributed by atoms with Crippen LogP contribution in [0.15, 0.2) is 12.1 Å². The molecule has 1 fully saturated rings. The lowest BCUT2D eigenvalue weighted by Gasteiger charge is -2.09. The lowest BCUT2D eigenvalue weighted by Crippen LogP contribution is -2.09. The van der Waals surface area contributed by atoms with Gasteiger partial charge in [-0.25, -0.2) is 8.78 Å². The van der Waals surface area contributed by atoms with Crippen molar-refractivity contribution < 1.29 is 8.78 Å². The van der Waals surface area contributed by atoms with Crippen LogP contribution >= 0.6 is 11.6 Å². The lowest BCUT2D eigenvalue weighted by atomic mass is 9.96. The molecule has 72 valence electrons. The minimum atomic E-state index is -0.973. The average molecular weight is 214 g/mol. The molecule has 0 aromatic heterocycles. The summed E-state index contributed by atoms with van der Waals surface area (Å²) in [6.07, 6.45) is 0.995. The molecule has 0 bridgehead atoms. The van der Waals surface area contributed by atoms with Gasteiger partial charge in [-0.05, 0) is 25.0 Å². The van der Waals surface area contributed by atoms with Crippen molar-refractivity contribution in [1.29, 1.82) is 5.26 Å². The number of rotatable bonds is 1. The van der Waals surface area contributed by atoms with Crippen LogP contribution in [0, 0.1) is 23.0 Å². The van der Waals surface area contributed by atoms with Crippen LogP contribution < -0.4 is 0 Å². The van der Waals surface area contributed by atoms with Gasteiger partial charge in [-0.15, -0.1) is 0 Å². The molecule has 1 nitrogen and oxygen atoms in total. The maximum absolute atomic E-state index is 13.5. The zero-order chi connectivity index (χ0) is 10.3. The Morgan fingerprint density at radius 1 is 1.36 bits per heavy atom. The topological polar surface area (TPSA) is 23.8 Å². The van der Waals surface area contributed by atoms with Crippen LogP contribution in [0.2, 0.25) is 5.02 Å². The Morgan fingerprint density at radius 2 is 2.00 bits per heavy atom. The van der Waals surface area contributed by atoms with Crippen LogP contribution in [-0.4, -0.2) is 0 Å². The van der Waals surface area contributed by atoms with Crippen molar-refractivity contribution in [2.75, 3.05) is 0 Å². The van der Waals surface area contributed by atoms with E-state index in [9.17, 15) is 8.78 Å². The van der Waals surface area contributed by atoms with Gasteiger partial charge in [0, 0.05) is 5.56 Å². The Morgan fingerprint density at radius 3 is 2.50 bits per heavy atom.